The predicted octanol–water partition coefficient (Wildman–Crippen LogP) is -0.511. The number of hydrogen-bond donors (Lipinski definition) is 3. The van der Waals surface area contributed by atoms with Crippen LogP contribution in [-0.4, -0.2) is 63.9 Å². The Morgan fingerprint density at radius 3 is 2.67 bits per heavy atom. The molecule has 3 fully saturated rings. The van der Waals surface area contributed by atoms with E-state index in [1.165, 1.54) is 32.5 Å². The van der Waals surface area contributed by atoms with Crippen LogP contribution in [0.1, 0.15) is 24.6 Å². The summed E-state index contributed by atoms with van der Waals surface area (Å²) in [6.07, 6.45) is 3.41. The minimum absolute atomic E-state index is 0.180. The SMILES string of the molecule is O=CO.OCc1nc(CCNC2CN3CCC2CC3)no1. The number of hydrogen-bond acceptors (Lipinski definition) is 7. The van der Waals surface area contributed by atoms with Gasteiger partial charge in [0.05, 0.1) is 0 Å². The summed E-state index contributed by atoms with van der Waals surface area (Å²) in [5.74, 6) is 1.81. The highest BCUT2D eigenvalue weighted by molar-refractivity contribution is 5.32. The fourth-order valence-electron chi connectivity index (χ4n) is 3.02. The van der Waals surface area contributed by atoms with Gasteiger partial charge in [-0.05, 0) is 31.8 Å². The number of aromatic nitrogens is 2. The number of nitrogens with one attached hydrogen (secondary N) is 1. The predicted molar refractivity (Wildman–Crippen MR) is 73.6 cm³/mol. The third kappa shape index (κ3) is 4.48. The molecule has 4 heterocycles. The number of fused-ring (bicyclic) bond motifs is 3. The number of carboxylic acid groups (broad SMARTS) is 1. The Hall–Kier alpha value is -1.51. The Morgan fingerprint density at radius 1 is 1.43 bits per heavy atom. The van der Waals surface area contributed by atoms with E-state index in [0.29, 0.717) is 17.8 Å². The van der Waals surface area contributed by atoms with Gasteiger partial charge >= 0.3 is 0 Å². The molecule has 118 valence electrons. The van der Waals surface area contributed by atoms with Gasteiger partial charge < -0.3 is 25.0 Å². The Kier molecular flexibility index (Phi) is 6.09. The number of aliphatic hydroxyl groups is 1. The highest BCUT2D eigenvalue weighted by Gasteiger charge is 2.33. The molecule has 1 aromatic heterocycles. The van der Waals surface area contributed by atoms with E-state index < -0.39 is 0 Å². The van der Waals surface area contributed by atoms with Crippen LogP contribution in [0.2, 0.25) is 0 Å². The summed E-state index contributed by atoms with van der Waals surface area (Å²) in [5, 5.41) is 23.1. The van der Waals surface area contributed by atoms with Gasteiger partial charge in [-0.1, -0.05) is 5.16 Å². The zero-order chi connectivity index (χ0) is 15.1. The summed E-state index contributed by atoms with van der Waals surface area (Å²) in [7, 11) is 0. The molecule has 0 aromatic carbocycles. The molecule has 3 aliphatic heterocycles. The molecule has 3 saturated heterocycles. The maximum absolute atomic E-state index is 8.83. The first-order valence-corrected chi connectivity index (χ1v) is 7.22. The summed E-state index contributed by atoms with van der Waals surface area (Å²) in [5.41, 5.74) is 0. The van der Waals surface area contributed by atoms with Crippen molar-refractivity contribution in [1.29, 1.82) is 0 Å². The molecule has 8 nitrogen and oxygen atoms in total. The molecule has 0 spiro atoms. The van der Waals surface area contributed by atoms with Gasteiger partial charge in [0, 0.05) is 25.6 Å². The van der Waals surface area contributed by atoms with Crippen molar-refractivity contribution in [2.75, 3.05) is 26.2 Å². The van der Waals surface area contributed by atoms with Crippen LogP contribution in [0.4, 0.5) is 0 Å². The quantitative estimate of drug-likeness (QED) is 0.623. The summed E-state index contributed by atoms with van der Waals surface area (Å²) < 4.78 is 4.86. The number of rotatable bonds is 5. The van der Waals surface area contributed by atoms with Crippen LogP contribution in [-0.2, 0) is 17.8 Å². The Labute approximate surface area is 123 Å². The van der Waals surface area contributed by atoms with E-state index >= 15 is 0 Å². The van der Waals surface area contributed by atoms with Crippen LogP contribution in [0.25, 0.3) is 0 Å². The lowest BCUT2D eigenvalue weighted by molar-refractivity contribution is -0.122. The molecule has 3 aliphatic rings. The first-order valence-electron chi connectivity index (χ1n) is 7.22. The van der Waals surface area contributed by atoms with Crippen molar-refractivity contribution < 1.29 is 19.5 Å². The van der Waals surface area contributed by atoms with Crippen LogP contribution >= 0.6 is 0 Å². The number of carbonyl (C=O) groups is 1. The van der Waals surface area contributed by atoms with E-state index in [2.05, 4.69) is 20.4 Å². The maximum atomic E-state index is 8.83. The fourth-order valence-corrected chi connectivity index (χ4v) is 3.02. The first kappa shape index (κ1) is 15.9. The minimum atomic E-state index is -0.250. The van der Waals surface area contributed by atoms with Crippen molar-refractivity contribution in [3.63, 3.8) is 0 Å². The van der Waals surface area contributed by atoms with Crippen LogP contribution < -0.4 is 5.32 Å². The van der Waals surface area contributed by atoms with Gasteiger partial charge in [0.2, 0.25) is 0 Å². The van der Waals surface area contributed by atoms with Gasteiger partial charge in [0.1, 0.15) is 6.61 Å². The third-order valence-electron chi connectivity index (χ3n) is 4.06. The molecule has 1 aromatic rings. The van der Waals surface area contributed by atoms with E-state index in [9.17, 15) is 0 Å². The molecule has 1 unspecified atom stereocenters. The lowest BCUT2D eigenvalue weighted by atomic mass is 9.84. The number of piperidine rings is 3. The topological polar surface area (TPSA) is 112 Å². The van der Waals surface area contributed by atoms with E-state index in [1.54, 1.807) is 0 Å². The summed E-state index contributed by atoms with van der Waals surface area (Å²) in [6, 6.07) is 0.622. The summed E-state index contributed by atoms with van der Waals surface area (Å²) in [4.78, 5) is 15.0. The largest absolute Gasteiger partial charge is 0.483 e. The van der Waals surface area contributed by atoms with E-state index in [4.69, 9.17) is 19.5 Å². The molecule has 4 rings (SSSR count). The lowest BCUT2D eigenvalue weighted by Crippen LogP contribution is -2.56. The zero-order valence-corrected chi connectivity index (χ0v) is 11.9. The molecule has 0 saturated carbocycles. The van der Waals surface area contributed by atoms with E-state index in [0.717, 1.165) is 18.9 Å². The summed E-state index contributed by atoms with van der Waals surface area (Å²) in [6.45, 7) is 4.17. The Balaban J connectivity index is 0.000000497. The molecule has 0 aliphatic carbocycles. The molecular weight excluding hydrogens is 276 g/mol. The number of nitrogens with zero attached hydrogens (tertiary/aromatic N) is 3. The minimum Gasteiger partial charge on any atom is -0.483 e. The second-order valence-electron chi connectivity index (χ2n) is 5.32. The van der Waals surface area contributed by atoms with Crippen LogP contribution in [0.3, 0.4) is 0 Å². The number of aliphatic hydroxyl groups excluding tert-OH is 1. The van der Waals surface area contributed by atoms with Gasteiger partial charge in [-0.3, -0.25) is 4.79 Å². The smallest absolute Gasteiger partial charge is 0.290 e. The molecule has 1 atom stereocenters. The van der Waals surface area contributed by atoms with Crippen LogP contribution in [0.15, 0.2) is 4.52 Å². The Morgan fingerprint density at radius 2 is 2.14 bits per heavy atom. The highest BCUT2D eigenvalue weighted by atomic mass is 16.5. The van der Waals surface area contributed by atoms with Crippen molar-refractivity contribution in [3.05, 3.63) is 11.7 Å². The van der Waals surface area contributed by atoms with Gasteiger partial charge in [-0.2, -0.15) is 4.98 Å². The molecule has 2 bridgehead atoms. The average Bonchev–Trinajstić information content (AvgIpc) is 2.97. The molecular formula is C13H22N4O4. The van der Waals surface area contributed by atoms with E-state index in [1.807, 2.05) is 0 Å². The monoisotopic (exact) mass is 298 g/mol. The summed E-state index contributed by atoms with van der Waals surface area (Å²) >= 11 is 0. The van der Waals surface area contributed by atoms with Crippen molar-refractivity contribution in [3.8, 4) is 0 Å². The van der Waals surface area contributed by atoms with Gasteiger partial charge in [0.15, 0.2) is 5.82 Å². The second kappa shape index (κ2) is 8.06. The Bertz CT molecular complexity index is 432. The molecule has 3 N–H and O–H groups in total. The van der Waals surface area contributed by atoms with Crippen LogP contribution in [0.5, 0.6) is 0 Å². The molecule has 0 radical (unpaired) electrons. The van der Waals surface area contributed by atoms with Gasteiger partial charge in [-0.15, -0.1) is 0 Å². The van der Waals surface area contributed by atoms with E-state index in [-0.39, 0.29) is 13.1 Å². The zero-order valence-electron chi connectivity index (χ0n) is 11.9. The fraction of sp³-hybridized carbons (Fsp3) is 0.769. The standard InChI is InChI=1S/C12H20N4O2.CH2O2/c17-8-12-14-11(15-18-12)1-4-13-10-7-16-5-2-9(10)3-6-16;2-1-3/h9-10,13,17H,1-8H2;1H,(H,2,3). The highest BCUT2D eigenvalue weighted by Crippen LogP contribution is 2.27. The van der Waals surface area contributed by atoms with Crippen molar-refractivity contribution in [1.82, 2.24) is 20.4 Å². The van der Waals surface area contributed by atoms with Crippen LogP contribution in [0, 0.1) is 5.92 Å². The van der Waals surface area contributed by atoms with Crippen molar-refractivity contribution in [2.24, 2.45) is 5.92 Å². The third-order valence-corrected chi connectivity index (χ3v) is 4.06. The average molecular weight is 298 g/mol. The lowest BCUT2D eigenvalue weighted by Gasteiger charge is -2.45. The van der Waals surface area contributed by atoms with Gasteiger partial charge in [0.25, 0.3) is 12.4 Å². The van der Waals surface area contributed by atoms with Crippen molar-refractivity contribution >= 4 is 6.47 Å². The van der Waals surface area contributed by atoms with Crippen molar-refractivity contribution in [2.45, 2.75) is 31.9 Å². The molecule has 8 heteroatoms. The van der Waals surface area contributed by atoms with Gasteiger partial charge in [-0.25, -0.2) is 0 Å². The first-order chi connectivity index (χ1) is 10.3. The second-order valence-corrected chi connectivity index (χ2v) is 5.32. The maximum Gasteiger partial charge on any atom is 0.290 e. The molecule has 21 heavy (non-hydrogen) atoms. The molecule has 0 amide bonds. The normalized spacial score (nSPS) is 27.0.